The topological polar surface area (TPSA) is 83.4 Å². The molecule has 7 heteroatoms. The minimum absolute atomic E-state index is 0.00243. The van der Waals surface area contributed by atoms with E-state index in [1.807, 2.05) is 19.9 Å². The van der Waals surface area contributed by atoms with E-state index in [0.29, 0.717) is 60.0 Å². The van der Waals surface area contributed by atoms with E-state index in [4.69, 9.17) is 23.9 Å². The van der Waals surface area contributed by atoms with Crippen LogP contribution in [0.3, 0.4) is 0 Å². The fraction of sp³-hybridized carbons (Fsp3) is 0.560. The van der Waals surface area contributed by atoms with E-state index in [1.54, 1.807) is 13.2 Å². The molecule has 2 aliphatic rings. The van der Waals surface area contributed by atoms with Gasteiger partial charge in [-0.1, -0.05) is 26.8 Å². The van der Waals surface area contributed by atoms with Gasteiger partial charge in [0.25, 0.3) is 0 Å². The second kappa shape index (κ2) is 9.35. The lowest BCUT2D eigenvalue weighted by atomic mass is 9.66. The predicted octanol–water partition coefficient (Wildman–Crippen LogP) is 4.48. The van der Waals surface area contributed by atoms with Gasteiger partial charge in [0.1, 0.15) is 5.92 Å². The normalized spacial score (nSPS) is 22.1. The molecule has 1 aromatic carbocycles. The summed E-state index contributed by atoms with van der Waals surface area (Å²) in [4.78, 5) is 31.4. The largest absolute Gasteiger partial charge is 0.493 e. The van der Waals surface area contributed by atoms with Crippen molar-refractivity contribution in [2.24, 2.45) is 16.3 Å². The van der Waals surface area contributed by atoms with E-state index in [1.165, 1.54) is 14.2 Å². The minimum Gasteiger partial charge on any atom is -0.493 e. The van der Waals surface area contributed by atoms with Gasteiger partial charge in [0, 0.05) is 34.9 Å². The maximum Gasteiger partial charge on any atom is 0.315 e. The van der Waals surface area contributed by atoms with E-state index in [-0.39, 0.29) is 17.2 Å². The maximum absolute atomic E-state index is 13.4. The number of ether oxygens (including phenoxy) is 4. The Bertz CT molecular complexity index is 975. The zero-order chi connectivity index (χ0) is 23.6. The number of esters is 1. The number of methoxy groups -OCH3 is 3. The molecule has 3 rings (SSSR count). The first-order valence-corrected chi connectivity index (χ1v) is 11.0. The molecule has 0 amide bonds. The van der Waals surface area contributed by atoms with Crippen LogP contribution in [0.1, 0.15) is 58.4 Å². The van der Waals surface area contributed by atoms with Gasteiger partial charge in [0.2, 0.25) is 5.75 Å². The summed E-state index contributed by atoms with van der Waals surface area (Å²) in [5.74, 6) is -0.336. The monoisotopic (exact) mass is 443 g/mol. The Hall–Kier alpha value is -2.83. The first-order chi connectivity index (χ1) is 15.2. The summed E-state index contributed by atoms with van der Waals surface area (Å²) in [6.45, 7) is 8.21. The van der Waals surface area contributed by atoms with Crippen LogP contribution in [0.4, 0.5) is 0 Å². The third-order valence-corrected chi connectivity index (χ3v) is 6.07. The van der Waals surface area contributed by atoms with Gasteiger partial charge in [0.05, 0.1) is 27.9 Å². The summed E-state index contributed by atoms with van der Waals surface area (Å²) >= 11 is 0. The zero-order valence-electron chi connectivity index (χ0n) is 20.0. The van der Waals surface area contributed by atoms with Gasteiger partial charge < -0.3 is 18.9 Å². The highest BCUT2D eigenvalue weighted by atomic mass is 16.5. The number of aliphatic imine (C=N–C) groups is 1. The molecule has 7 nitrogen and oxygen atoms in total. The molecule has 1 unspecified atom stereocenters. The Morgan fingerprint density at radius 2 is 1.78 bits per heavy atom. The van der Waals surface area contributed by atoms with E-state index >= 15 is 0 Å². The van der Waals surface area contributed by atoms with Gasteiger partial charge in [-0.15, -0.1) is 0 Å². The molecule has 1 aliphatic heterocycles. The van der Waals surface area contributed by atoms with Crippen LogP contribution in [-0.4, -0.2) is 45.4 Å². The molecule has 0 bridgehead atoms. The quantitative estimate of drug-likeness (QED) is 0.578. The lowest BCUT2D eigenvalue weighted by molar-refractivity contribution is -0.146. The average molecular weight is 444 g/mol. The first kappa shape index (κ1) is 23.8. The van der Waals surface area contributed by atoms with Gasteiger partial charge in [-0.2, -0.15) is 0 Å². The van der Waals surface area contributed by atoms with E-state index < -0.39 is 11.8 Å². The lowest BCUT2D eigenvalue weighted by Gasteiger charge is -2.39. The molecule has 1 heterocycles. The van der Waals surface area contributed by atoms with Gasteiger partial charge in [-0.05, 0) is 31.2 Å². The van der Waals surface area contributed by atoms with Crippen LogP contribution in [0.5, 0.6) is 17.2 Å². The SMILES string of the molecule is CCCOC(=O)C1C(C)=NC2=C(C(=O)CC(C)(C)C2)[C@H]1c1ccc(OC)c(OC)c1OC. The Balaban J connectivity index is 2.26. The van der Waals surface area contributed by atoms with Crippen LogP contribution in [0.15, 0.2) is 28.4 Å². The molecule has 32 heavy (non-hydrogen) atoms. The highest BCUT2D eigenvalue weighted by Crippen LogP contribution is 2.52. The molecular weight excluding hydrogens is 410 g/mol. The van der Waals surface area contributed by atoms with E-state index in [0.717, 1.165) is 5.70 Å². The van der Waals surface area contributed by atoms with Gasteiger partial charge in [-0.25, -0.2) is 0 Å². The van der Waals surface area contributed by atoms with Crippen molar-refractivity contribution < 1.29 is 28.5 Å². The second-order valence-corrected chi connectivity index (χ2v) is 9.10. The third kappa shape index (κ3) is 4.25. The third-order valence-electron chi connectivity index (χ3n) is 6.07. The fourth-order valence-corrected chi connectivity index (χ4v) is 4.75. The molecule has 0 aromatic heterocycles. The van der Waals surface area contributed by atoms with Crippen molar-refractivity contribution in [3.05, 3.63) is 29.0 Å². The zero-order valence-corrected chi connectivity index (χ0v) is 20.0. The summed E-state index contributed by atoms with van der Waals surface area (Å²) in [5, 5.41) is 0. The molecule has 0 saturated heterocycles. The number of allylic oxidation sites excluding steroid dienone is 2. The summed E-state index contributed by atoms with van der Waals surface area (Å²) in [5.41, 5.74) is 2.43. The molecule has 174 valence electrons. The molecule has 0 saturated carbocycles. The number of rotatable bonds is 7. The molecular formula is C25H33NO6. The number of hydrogen-bond donors (Lipinski definition) is 0. The lowest BCUT2D eigenvalue weighted by Crippen LogP contribution is -2.39. The summed E-state index contributed by atoms with van der Waals surface area (Å²) in [7, 11) is 4.62. The van der Waals surface area contributed by atoms with Gasteiger partial charge in [-0.3, -0.25) is 14.6 Å². The molecule has 1 aromatic rings. The highest BCUT2D eigenvalue weighted by Gasteiger charge is 2.47. The molecule has 0 radical (unpaired) electrons. The summed E-state index contributed by atoms with van der Waals surface area (Å²) in [6.07, 6.45) is 1.76. The van der Waals surface area contributed by atoms with Crippen LogP contribution < -0.4 is 14.2 Å². The second-order valence-electron chi connectivity index (χ2n) is 9.10. The number of hydrogen-bond acceptors (Lipinski definition) is 7. The Morgan fingerprint density at radius 3 is 2.38 bits per heavy atom. The fourth-order valence-electron chi connectivity index (χ4n) is 4.75. The van der Waals surface area contributed by atoms with Crippen molar-refractivity contribution in [1.29, 1.82) is 0 Å². The van der Waals surface area contributed by atoms with Crippen molar-refractivity contribution in [1.82, 2.24) is 0 Å². The number of carbonyl (C=O) groups is 2. The van der Waals surface area contributed by atoms with Crippen molar-refractivity contribution in [2.45, 2.75) is 52.9 Å². The molecule has 0 spiro atoms. The van der Waals surface area contributed by atoms with Crippen molar-refractivity contribution in [3.63, 3.8) is 0 Å². The number of ketones is 1. The summed E-state index contributed by atoms with van der Waals surface area (Å²) in [6, 6.07) is 3.60. The maximum atomic E-state index is 13.4. The predicted molar refractivity (Wildman–Crippen MR) is 122 cm³/mol. The van der Waals surface area contributed by atoms with Gasteiger partial charge >= 0.3 is 5.97 Å². The van der Waals surface area contributed by atoms with Gasteiger partial charge in [0.15, 0.2) is 17.3 Å². The van der Waals surface area contributed by atoms with Crippen LogP contribution in [-0.2, 0) is 14.3 Å². The van der Waals surface area contributed by atoms with Crippen LogP contribution in [0.2, 0.25) is 0 Å². The van der Waals surface area contributed by atoms with Crippen molar-refractivity contribution in [3.8, 4) is 17.2 Å². The minimum atomic E-state index is -0.725. The Morgan fingerprint density at radius 1 is 1.09 bits per heavy atom. The standard InChI is InChI=1S/C25H33NO6/c1-8-11-32-24(28)19-14(2)26-16-12-25(3,4)13-17(27)21(16)20(19)15-9-10-18(29-5)23(31-7)22(15)30-6/h9-10,19-20H,8,11-13H2,1-7H3/t19?,20-/m0/s1. The van der Waals surface area contributed by atoms with E-state index in [9.17, 15) is 9.59 Å². The number of benzene rings is 1. The van der Waals surface area contributed by atoms with Crippen LogP contribution in [0.25, 0.3) is 0 Å². The molecule has 1 aliphatic carbocycles. The van der Waals surface area contributed by atoms with Crippen LogP contribution >= 0.6 is 0 Å². The number of carbonyl (C=O) groups excluding carboxylic acids is 2. The smallest absolute Gasteiger partial charge is 0.315 e. The molecule has 0 fully saturated rings. The number of nitrogens with zero attached hydrogens (tertiary/aromatic N) is 1. The summed E-state index contributed by atoms with van der Waals surface area (Å²) < 4.78 is 22.3. The van der Waals surface area contributed by atoms with Crippen LogP contribution in [0, 0.1) is 11.3 Å². The van der Waals surface area contributed by atoms with Crippen molar-refractivity contribution in [2.75, 3.05) is 27.9 Å². The first-order valence-electron chi connectivity index (χ1n) is 11.0. The average Bonchev–Trinajstić information content (AvgIpc) is 2.74. The van der Waals surface area contributed by atoms with E-state index in [2.05, 4.69) is 13.8 Å². The highest BCUT2D eigenvalue weighted by molar-refractivity contribution is 6.09. The molecule has 0 N–H and O–H groups in total. The molecule has 2 atom stereocenters. The van der Waals surface area contributed by atoms with Crippen molar-refractivity contribution >= 4 is 17.5 Å². The Kier molecular flexibility index (Phi) is 6.96. The number of Topliss-reactive ketones (excluding diaryl/α,β-unsaturated/α-hetero) is 1. The Labute approximate surface area is 189 Å².